The zero-order valence-corrected chi connectivity index (χ0v) is 9.63. The van der Waals surface area contributed by atoms with E-state index in [0.717, 1.165) is 38.9 Å². The second-order valence-corrected chi connectivity index (χ2v) is 4.26. The summed E-state index contributed by atoms with van der Waals surface area (Å²) in [5.41, 5.74) is 0. The summed E-state index contributed by atoms with van der Waals surface area (Å²) >= 11 is 0. The largest absolute Gasteiger partial charge is 0.397 e. The smallest absolute Gasteiger partial charge is 0.325 e. The number of nitrogens with one attached hydrogen (secondary N) is 1. The minimum Gasteiger partial charge on any atom is -0.325 e. The van der Waals surface area contributed by atoms with Crippen molar-refractivity contribution in [3.05, 3.63) is 0 Å². The molecule has 0 aromatic carbocycles. The highest BCUT2D eigenvalue weighted by Crippen LogP contribution is 2.22. The minimum absolute atomic E-state index is 0.0176. The van der Waals surface area contributed by atoms with E-state index in [1.807, 2.05) is 0 Å². The Hall–Kier alpha value is -0.640. The molecule has 0 bridgehead atoms. The molecule has 0 aromatic heterocycles. The fraction of sp³-hybridized carbons (Fsp3) is 0.909. The van der Waals surface area contributed by atoms with E-state index in [1.54, 1.807) is 0 Å². The van der Waals surface area contributed by atoms with Gasteiger partial charge in [-0.3, -0.25) is 0 Å². The number of likely N-dealkylation sites (tertiary alicyclic amines) is 1. The number of nitrogens with zero attached hydrogens (tertiary/aromatic N) is 1. The highest BCUT2D eigenvalue weighted by molar-refractivity contribution is 5.65. The van der Waals surface area contributed by atoms with Gasteiger partial charge >= 0.3 is 6.16 Å². The molecule has 0 spiro atoms. The summed E-state index contributed by atoms with van der Waals surface area (Å²) in [6.07, 6.45) is 1.54. The lowest BCUT2D eigenvalue weighted by atomic mass is 9.95. The average molecular weight is 216 g/mol. The predicted molar refractivity (Wildman–Crippen MR) is 58.6 cm³/mol. The molecule has 1 amide bonds. The summed E-state index contributed by atoms with van der Waals surface area (Å²) in [6.45, 7) is 7.29. The number of hydrogen-bond donors (Lipinski definition) is 1. The molecule has 15 heavy (non-hydrogen) atoms. The van der Waals surface area contributed by atoms with Crippen LogP contribution in [0, 0.1) is 5.92 Å². The van der Waals surface area contributed by atoms with Gasteiger partial charge in [-0.1, -0.05) is 20.3 Å². The lowest BCUT2D eigenvalue weighted by Gasteiger charge is -2.23. The van der Waals surface area contributed by atoms with Crippen LogP contribution in [0.2, 0.25) is 0 Å². The van der Waals surface area contributed by atoms with Crippen LogP contribution in [0.5, 0.6) is 0 Å². The first-order valence-corrected chi connectivity index (χ1v) is 5.85. The van der Waals surface area contributed by atoms with Gasteiger partial charge in [0, 0.05) is 12.6 Å². The van der Waals surface area contributed by atoms with E-state index in [0.29, 0.717) is 5.92 Å². The van der Waals surface area contributed by atoms with Crippen molar-refractivity contribution in [1.29, 1.82) is 0 Å². The van der Waals surface area contributed by atoms with E-state index < -0.39 is 6.16 Å². The van der Waals surface area contributed by atoms with Crippen LogP contribution < -0.4 is 5.32 Å². The van der Waals surface area contributed by atoms with Gasteiger partial charge in [0.1, 0.15) is 0 Å². The van der Waals surface area contributed by atoms with Crippen molar-refractivity contribution < 1.29 is 9.18 Å². The van der Waals surface area contributed by atoms with Gasteiger partial charge in [-0.15, -0.1) is 4.39 Å². The molecule has 1 N–H and O–H groups in total. The molecule has 0 aliphatic carbocycles. The molecule has 1 aliphatic heterocycles. The van der Waals surface area contributed by atoms with E-state index in [1.165, 1.54) is 0 Å². The molecule has 1 rings (SSSR count). The first-order valence-electron chi connectivity index (χ1n) is 5.85. The van der Waals surface area contributed by atoms with Crippen molar-refractivity contribution in [2.75, 3.05) is 19.6 Å². The minimum atomic E-state index is -1.39. The van der Waals surface area contributed by atoms with Crippen LogP contribution in [0.1, 0.15) is 33.1 Å². The first kappa shape index (κ1) is 12.4. The van der Waals surface area contributed by atoms with Crippen molar-refractivity contribution in [2.45, 2.75) is 39.2 Å². The van der Waals surface area contributed by atoms with E-state index >= 15 is 0 Å². The number of amides is 1. The van der Waals surface area contributed by atoms with Crippen LogP contribution in [0.15, 0.2) is 0 Å². The van der Waals surface area contributed by atoms with Crippen molar-refractivity contribution in [3.8, 4) is 0 Å². The van der Waals surface area contributed by atoms with E-state index in [9.17, 15) is 9.18 Å². The first-order chi connectivity index (χ1) is 7.17. The summed E-state index contributed by atoms with van der Waals surface area (Å²) < 4.78 is 12.3. The zero-order valence-electron chi connectivity index (χ0n) is 9.63. The molecule has 1 heterocycles. The molecule has 0 radical (unpaired) electrons. The Kier molecular flexibility index (Phi) is 5.02. The van der Waals surface area contributed by atoms with Gasteiger partial charge in [0.2, 0.25) is 0 Å². The molecule has 88 valence electrons. The van der Waals surface area contributed by atoms with Gasteiger partial charge < -0.3 is 10.2 Å². The predicted octanol–water partition coefficient (Wildman–Crippen LogP) is 2.18. The Morgan fingerprint density at radius 1 is 1.60 bits per heavy atom. The van der Waals surface area contributed by atoms with Crippen molar-refractivity contribution >= 4 is 6.16 Å². The lowest BCUT2D eigenvalue weighted by molar-refractivity contribution is 0.208. The zero-order chi connectivity index (χ0) is 11.3. The monoisotopic (exact) mass is 216 g/mol. The third-order valence-corrected chi connectivity index (χ3v) is 3.22. The standard InChI is InChI=1S/C11H21FN2O/c1-3-5-10(13-11(12)15)9-6-7-14(4-2)8-9/h9-10H,3-8H2,1-2H3,(H,13,15). The molecular weight excluding hydrogens is 195 g/mol. The number of carbonyl (C=O) groups excluding carboxylic acids is 1. The molecule has 2 atom stereocenters. The fourth-order valence-electron chi connectivity index (χ4n) is 2.36. The highest BCUT2D eigenvalue weighted by Gasteiger charge is 2.29. The van der Waals surface area contributed by atoms with Gasteiger partial charge in [-0.25, -0.2) is 4.79 Å². The normalized spacial score (nSPS) is 24.1. The summed E-state index contributed by atoms with van der Waals surface area (Å²) in [5, 5.41) is 2.44. The maximum atomic E-state index is 12.3. The van der Waals surface area contributed by atoms with Crippen LogP contribution in [-0.4, -0.2) is 36.7 Å². The molecule has 1 saturated heterocycles. The molecule has 0 saturated carbocycles. The molecule has 0 aromatic rings. The maximum absolute atomic E-state index is 12.3. The topological polar surface area (TPSA) is 32.3 Å². The van der Waals surface area contributed by atoms with E-state index in [-0.39, 0.29) is 6.04 Å². The third-order valence-electron chi connectivity index (χ3n) is 3.22. The van der Waals surface area contributed by atoms with Gasteiger partial charge in [0.25, 0.3) is 0 Å². The van der Waals surface area contributed by atoms with Crippen molar-refractivity contribution in [1.82, 2.24) is 10.2 Å². The fourth-order valence-corrected chi connectivity index (χ4v) is 2.36. The molecule has 3 nitrogen and oxygen atoms in total. The van der Waals surface area contributed by atoms with Crippen LogP contribution in [0.3, 0.4) is 0 Å². The summed E-state index contributed by atoms with van der Waals surface area (Å²) in [7, 11) is 0. The Morgan fingerprint density at radius 3 is 2.80 bits per heavy atom. The molecule has 1 fully saturated rings. The van der Waals surface area contributed by atoms with E-state index in [4.69, 9.17) is 0 Å². The highest BCUT2D eigenvalue weighted by atomic mass is 19.1. The summed E-state index contributed by atoms with van der Waals surface area (Å²) in [5.74, 6) is 0.421. The molecule has 1 aliphatic rings. The lowest BCUT2D eigenvalue weighted by Crippen LogP contribution is -2.39. The third kappa shape index (κ3) is 3.78. The van der Waals surface area contributed by atoms with Gasteiger partial charge in [0.15, 0.2) is 0 Å². The maximum Gasteiger partial charge on any atom is 0.397 e. The number of halogens is 1. The van der Waals surface area contributed by atoms with Gasteiger partial charge in [-0.05, 0) is 31.8 Å². The van der Waals surface area contributed by atoms with Crippen LogP contribution in [-0.2, 0) is 0 Å². The van der Waals surface area contributed by atoms with Crippen molar-refractivity contribution in [3.63, 3.8) is 0 Å². The number of rotatable bonds is 5. The molecule has 4 heteroatoms. The Labute approximate surface area is 91.0 Å². The second kappa shape index (κ2) is 6.05. The Balaban J connectivity index is 2.45. The second-order valence-electron chi connectivity index (χ2n) is 4.26. The Bertz CT molecular complexity index is 211. The summed E-state index contributed by atoms with van der Waals surface area (Å²) in [4.78, 5) is 12.8. The SMILES string of the molecule is CCCC(NC(=O)F)C1CCN(CC)C1. The van der Waals surface area contributed by atoms with Gasteiger partial charge in [0.05, 0.1) is 0 Å². The van der Waals surface area contributed by atoms with E-state index in [2.05, 4.69) is 24.1 Å². The Morgan fingerprint density at radius 2 is 2.33 bits per heavy atom. The number of hydrogen-bond acceptors (Lipinski definition) is 2. The molecular formula is C11H21FN2O. The van der Waals surface area contributed by atoms with Crippen molar-refractivity contribution in [2.24, 2.45) is 5.92 Å². The van der Waals surface area contributed by atoms with Crippen LogP contribution >= 0.6 is 0 Å². The quantitative estimate of drug-likeness (QED) is 0.564. The average Bonchev–Trinajstić information content (AvgIpc) is 2.64. The van der Waals surface area contributed by atoms with Crippen LogP contribution in [0.25, 0.3) is 0 Å². The number of carbonyl (C=O) groups is 1. The summed E-state index contributed by atoms with van der Waals surface area (Å²) in [6, 6.07) is 0.0176. The van der Waals surface area contributed by atoms with Gasteiger partial charge in [-0.2, -0.15) is 0 Å². The van der Waals surface area contributed by atoms with Crippen LogP contribution in [0.4, 0.5) is 9.18 Å². The molecule has 2 unspecified atom stereocenters.